The van der Waals surface area contributed by atoms with Gasteiger partial charge in [-0.1, -0.05) is 35.0 Å². The summed E-state index contributed by atoms with van der Waals surface area (Å²) in [5.74, 6) is 0. The lowest BCUT2D eigenvalue weighted by molar-refractivity contribution is 0.494. The predicted molar refractivity (Wildman–Crippen MR) is 91.6 cm³/mol. The van der Waals surface area contributed by atoms with E-state index in [1.54, 1.807) is 0 Å². The minimum atomic E-state index is 0.419. The maximum Gasteiger partial charge on any atom is 0.0640 e. The van der Waals surface area contributed by atoms with E-state index in [2.05, 4.69) is 83.6 Å². The first-order valence-electron chi connectivity index (χ1n) is 7.60. The highest BCUT2D eigenvalue weighted by Crippen LogP contribution is 2.14. The van der Waals surface area contributed by atoms with E-state index in [-0.39, 0.29) is 0 Å². The molecular weight excluding hydrogens is 326 g/mol. The van der Waals surface area contributed by atoms with Gasteiger partial charge in [-0.2, -0.15) is 5.10 Å². The van der Waals surface area contributed by atoms with Crippen LogP contribution in [0.4, 0.5) is 0 Å². The van der Waals surface area contributed by atoms with Crippen molar-refractivity contribution in [3.05, 3.63) is 52.3 Å². The highest BCUT2D eigenvalue weighted by molar-refractivity contribution is 9.10. The van der Waals surface area contributed by atoms with Gasteiger partial charge in [-0.05, 0) is 50.6 Å². The minimum Gasteiger partial charge on any atom is -0.314 e. The highest BCUT2D eigenvalue weighted by Gasteiger charge is 2.12. The van der Waals surface area contributed by atoms with Crippen molar-refractivity contribution < 1.29 is 0 Å². The topological polar surface area (TPSA) is 29.9 Å². The molecular formula is C17H24BrN3. The monoisotopic (exact) mass is 349 g/mol. The van der Waals surface area contributed by atoms with E-state index in [9.17, 15) is 0 Å². The fraction of sp³-hybridized carbons (Fsp3) is 0.471. The Morgan fingerprint density at radius 2 is 1.86 bits per heavy atom. The van der Waals surface area contributed by atoms with Crippen LogP contribution in [0.25, 0.3) is 0 Å². The van der Waals surface area contributed by atoms with Crippen LogP contribution in [-0.4, -0.2) is 22.4 Å². The molecule has 1 aromatic heterocycles. The minimum absolute atomic E-state index is 0.419. The molecule has 2 aromatic rings. The smallest absolute Gasteiger partial charge is 0.0640 e. The van der Waals surface area contributed by atoms with Gasteiger partial charge in [0.1, 0.15) is 0 Å². The summed E-state index contributed by atoms with van der Waals surface area (Å²) in [4.78, 5) is 0. The third kappa shape index (κ3) is 4.97. The number of hydrogen-bond donors (Lipinski definition) is 1. The van der Waals surface area contributed by atoms with Crippen molar-refractivity contribution in [2.75, 3.05) is 6.54 Å². The lowest BCUT2D eigenvalue weighted by Gasteiger charge is -2.17. The van der Waals surface area contributed by atoms with Gasteiger partial charge in [0.25, 0.3) is 0 Å². The normalized spacial score (nSPS) is 12.8. The zero-order valence-corrected chi connectivity index (χ0v) is 14.6. The summed E-state index contributed by atoms with van der Waals surface area (Å²) in [6.07, 6.45) is 4.06. The first-order chi connectivity index (χ1) is 10.1. The lowest BCUT2D eigenvalue weighted by Crippen LogP contribution is -2.33. The van der Waals surface area contributed by atoms with E-state index in [1.807, 2.05) is 4.68 Å². The molecule has 1 N–H and O–H groups in total. The lowest BCUT2D eigenvalue weighted by atomic mass is 10.0. The zero-order chi connectivity index (χ0) is 15.2. The van der Waals surface area contributed by atoms with Gasteiger partial charge < -0.3 is 5.32 Å². The average molecular weight is 350 g/mol. The molecule has 0 radical (unpaired) electrons. The Hall–Kier alpha value is -1.13. The molecule has 0 amide bonds. The van der Waals surface area contributed by atoms with E-state index in [1.165, 1.54) is 5.56 Å². The molecule has 0 aliphatic carbocycles. The molecule has 4 heteroatoms. The summed E-state index contributed by atoms with van der Waals surface area (Å²) in [5.41, 5.74) is 2.51. The summed E-state index contributed by atoms with van der Waals surface area (Å²) in [6, 6.07) is 11.5. The van der Waals surface area contributed by atoms with Crippen LogP contribution in [0.15, 0.2) is 41.0 Å². The predicted octanol–water partition coefficient (Wildman–Crippen LogP) is 3.99. The number of rotatable bonds is 7. The van der Waals surface area contributed by atoms with Crippen LogP contribution in [0.2, 0.25) is 0 Å². The summed E-state index contributed by atoms with van der Waals surface area (Å²) in [5, 5.41) is 8.23. The Labute approximate surface area is 135 Å². The number of nitrogens with one attached hydrogen (secondary N) is 1. The summed E-state index contributed by atoms with van der Waals surface area (Å²) < 4.78 is 3.15. The van der Waals surface area contributed by atoms with E-state index in [4.69, 9.17) is 0 Å². The Bertz CT molecular complexity index is 545. The Kier molecular flexibility index (Phi) is 6.00. The number of hydrogen-bond acceptors (Lipinski definition) is 2. The van der Waals surface area contributed by atoms with Crippen molar-refractivity contribution >= 4 is 15.9 Å². The van der Waals surface area contributed by atoms with Gasteiger partial charge in [0.15, 0.2) is 0 Å². The average Bonchev–Trinajstić information content (AvgIpc) is 2.90. The fourth-order valence-electron chi connectivity index (χ4n) is 2.44. The van der Waals surface area contributed by atoms with Crippen molar-refractivity contribution in [2.24, 2.45) is 0 Å². The van der Waals surface area contributed by atoms with Gasteiger partial charge in [-0.3, -0.25) is 4.68 Å². The molecule has 3 nitrogen and oxygen atoms in total. The van der Waals surface area contributed by atoms with E-state index >= 15 is 0 Å². The van der Waals surface area contributed by atoms with Crippen LogP contribution in [0.1, 0.15) is 38.1 Å². The van der Waals surface area contributed by atoms with Gasteiger partial charge in [0, 0.05) is 29.2 Å². The largest absolute Gasteiger partial charge is 0.314 e. The molecule has 1 heterocycles. The molecule has 0 saturated heterocycles. The van der Waals surface area contributed by atoms with E-state index in [0.29, 0.717) is 12.1 Å². The second-order valence-electron chi connectivity index (χ2n) is 5.67. The van der Waals surface area contributed by atoms with Crippen LogP contribution in [0.3, 0.4) is 0 Å². The van der Waals surface area contributed by atoms with Crippen LogP contribution >= 0.6 is 15.9 Å². The number of aromatic nitrogens is 2. The third-order valence-corrected chi connectivity index (χ3v) is 4.07. The molecule has 0 bridgehead atoms. The zero-order valence-electron chi connectivity index (χ0n) is 13.0. The van der Waals surface area contributed by atoms with Gasteiger partial charge in [-0.25, -0.2) is 0 Å². The first kappa shape index (κ1) is 16.2. The van der Waals surface area contributed by atoms with E-state index in [0.717, 1.165) is 29.6 Å². The fourth-order valence-corrected chi connectivity index (χ4v) is 2.70. The van der Waals surface area contributed by atoms with Crippen LogP contribution < -0.4 is 5.32 Å². The summed E-state index contributed by atoms with van der Waals surface area (Å²) >= 11 is 3.48. The first-order valence-corrected chi connectivity index (χ1v) is 8.39. The second-order valence-corrected chi connectivity index (χ2v) is 6.59. The van der Waals surface area contributed by atoms with Crippen LogP contribution in [-0.2, 0) is 12.8 Å². The molecule has 0 saturated carbocycles. The van der Waals surface area contributed by atoms with Gasteiger partial charge in [0.05, 0.1) is 5.69 Å². The van der Waals surface area contributed by atoms with Crippen LogP contribution in [0, 0.1) is 0 Å². The highest BCUT2D eigenvalue weighted by atomic mass is 79.9. The second kappa shape index (κ2) is 7.76. The van der Waals surface area contributed by atoms with E-state index < -0.39 is 0 Å². The van der Waals surface area contributed by atoms with Crippen LogP contribution in [0.5, 0.6) is 0 Å². The van der Waals surface area contributed by atoms with Crippen molar-refractivity contribution in [3.8, 4) is 0 Å². The molecule has 2 rings (SSSR count). The molecule has 1 unspecified atom stereocenters. The number of nitrogens with zero attached hydrogens (tertiary/aromatic N) is 2. The molecule has 1 atom stereocenters. The molecule has 0 aliphatic heterocycles. The van der Waals surface area contributed by atoms with Crippen molar-refractivity contribution in [1.82, 2.24) is 15.1 Å². The van der Waals surface area contributed by atoms with Crippen molar-refractivity contribution in [2.45, 2.75) is 45.7 Å². The Morgan fingerprint density at radius 3 is 2.43 bits per heavy atom. The van der Waals surface area contributed by atoms with Crippen molar-refractivity contribution in [1.29, 1.82) is 0 Å². The molecule has 0 spiro atoms. The third-order valence-electron chi connectivity index (χ3n) is 3.54. The molecule has 114 valence electrons. The number of likely N-dealkylation sites (N-methyl/N-ethyl adjacent to an activating group) is 1. The molecule has 21 heavy (non-hydrogen) atoms. The SMILES string of the molecule is CCNC(Cc1ccc(Br)cc1)Cc1ccn(C(C)C)n1. The standard InChI is InChI=1S/C17H24BrN3/c1-4-19-17(11-14-5-7-15(18)8-6-14)12-16-9-10-21(20-16)13(2)3/h5-10,13,17,19H,4,11-12H2,1-3H3. The summed E-state index contributed by atoms with van der Waals surface area (Å²) in [7, 11) is 0. The van der Waals surface area contributed by atoms with Gasteiger partial charge in [-0.15, -0.1) is 0 Å². The molecule has 1 aromatic carbocycles. The molecule has 0 aliphatic rings. The summed E-state index contributed by atoms with van der Waals surface area (Å²) in [6.45, 7) is 7.44. The maximum atomic E-state index is 4.66. The maximum absolute atomic E-state index is 4.66. The van der Waals surface area contributed by atoms with Gasteiger partial charge in [0.2, 0.25) is 0 Å². The number of halogens is 1. The van der Waals surface area contributed by atoms with Gasteiger partial charge >= 0.3 is 0 Å². The Balaban J connectivity index is 2.02. The number of benzene rings is 1. The van der Waals surface area contributed by atoms with Crippen molar-refractivity contribution in [3.63, 3.8) is 0 Å². The quantitative estimate of drug-likeness (QED) is 0.818. The molecule has 0 fully saturated rings. The Morgan fingerprint density at radius 1 is 1.14 bits per heavy atom.